The van der Waals surface area contributed by atoms with Crippen LogP contribution in [0.2, 0.25) is 0 Å². The summed E-state index contributed by atoms with van der Waals surface area (Å²) >= 11 is 0. The molecule has 0 bridgehead atoms. The predicted molar refractivity (Wildman–Crippen MR) is 170 cm³/mol. The number of rotatable bonds is 8. The van der Waals surface area contributed by atoms with E-state index in [1.165, 1.54) is 25.0 Å². The van der Waals surface area contributed by atoms with E-state index in [-0.39, 0.29) is 36.0 Å². The maximum absolute atomic E-state index is 14.5. The Morgan fingerprint density at radius 1 is 0.957 bits per heavy atom. The molecule has 11 heteroatoms. The molecule has 0 radical (unpaired) electrons. The lowest BCUT2D eigenvalue weighted by Gasteiger charge is -2.35. The summed E-state index contributed by atoms with van der Waals surface area (Å²) in [7, 11) is 1.63. The number of halogens is 3. The van der Waals surface area contributed by atoms with Gasteiger partial charge in [-0.05, 0) is 67.0 Å². The molecule has 3 heterocycles. The highest BCUT2D eigenvalue weighted by Gasteiger charge is 2.46. The van der Waals surface area contributed by atoms with Crippen LogP contribution in [0.5, 0.6) is 5.75 Å². The third kappa shape index (κ3) is 6.94. The zero-order chi connectivity index (χ0) is 33.3. The predicted octanol–water partition coefficient (Wildman–Crippen LogP) is 6.13. The molecule has 1 N–H and O–H groups in total. The quantitative estimate of drug-likeness (QED) is 0.367. The second kappa shape index (κ2) is 13.8. The van der Waals surface area contributed by atoms with Crippen LogP contribution in [0.25, 0.3) is 0 Å². The van der Waals surface area contributed by atoms with Crippen LogP contribution >= 0.6 is 0 Å². The number of hydrogen-bond acceptors (Lipinski definition) is 6. The number of carbonyl (C=O) groups excluding carboxylic acids is 1. The molecule has 4 atom stereocenters. The van der Waals surface area contributed by atoms with Crippen molar-refractivity contribution in [2.24, 2.45) is 17.8 Å². The molecule has 252 valence electrons. The van der Waals surface area contributed by atoms with Crippen molar-refractivity contribution in [3.8, 4) is 11.8 Å². The van der Waals surface area contributed by atoms with Crippen LogP contribution in [0, 0.1) is 29.1 Å². The first kappa shape index (κ1) is 33.1. The van der Waals surface area contributed by atoms with E-state index in [9.17, 15) is 33.1 Å². The number of piperidine rings is 1. The number of ether oxygens (including phenoxy) is 1. The highest BCUT2D eigenvalue weighted by Crippen LogP contribution is 2.45. The number of carboxylic acids is 1. The van der Waals surface area contributed by atoms with Gasteiger partial charge in [-0.3, -0.25) is 14.5 Å². The van der Waals surface area contributed by atoms with E-state index in [1.54, 1.807) is 7.11 Å². The van der Waals surface area contributed by atoms with E-state index in [1.807, 2.05) is 34.1 Å². The van der Waals surface area contributed by atoms with Crippen LogP contribution in [-0.4, -0.2) is 79.2 Å². The minimum absolute atomic E-state index is 0.000339. The molecule has 1 saturated carbocycles. The Labute approximate surface area is 274 Å². The number of amides is 1. The number of nitrogens with zero attached hydrogens (tertiary/aromatic N) is 4. The average molecular weight is 653 g/mol. The van der Waals surface area contributed by atoms with Gasteiger partial charge in [0, 0.05) is 69.3 Å². The molecule has 0 aromatic heterocycles. The number of anilines is 1. The van der Waals surface area contributed by atoms with Crippen LogP contribution in [0.1, 0.15) is 73.5 Å². The van der Waals surface area contributed by atoms with Crippen LogP contribution in [-0.2, 0) is 15.8 Å². The summed E-state index contributed by atoms with van der Waals surface area (Å²) in [5.74, 6) is -1.45. The van der Waals surface area contributed by atoms with Crippen molar-refractivity contribution in [1.29, 1.82) is 5.26 Å². The average Bonchev–Trinajstić information content (AvgIpc) is 3.85. The van der Waals surface area contributed by atoms with E-state index in [4.69, 9.17) is 4.74 Å². The largest absolute Gasteiger partial charge is 0.497 e. The van der Waals surface area contributed by atoms with Crippen molar-refractivity contribution < 1.29 is 32.6 Å². The number of benzene rings is 2. The van der Waals surface area contributed by atoms with E-state index in [0.717, 1.165) is 36.8 Å². The van der Waals surface area contributed by atoms with Gasteiger partial charge in [-0.2, -0.15) is 18.4 Å². The van der Waals surface area contributed by atoms with Crippen LogP contribution < -0.4 is 9.64 Å². The normalized spacial score (nSPS) is 26.1. The molecule has 1 aliphatic carbocycles. The van der Waals surface area contributed by atoms with Gasteiger partial charge in [-0.25, -0.2) is 0 Å². The zero-order valence-corrected chi connectivity index (χ0v) is 26.8. The van der Waals surface area contributed by atoms with E-state index in [2.05, 4.69) is 11.0 Å². The first-order chi connectivity index (χ1) is 22.6. The fourth-order valence-corrected chi connectivity index (χ4v) is 8.48. The highest BCUT2D eigenvalue weighted by atomic mass is 19.4. The molecular formula is C36H43F3N4O4. The van der Waals surface area contributed by atoms with Crippen LogP contribution in [0.15, 0.2) is 42.5 Å². The van der Waals surface area contributed by atoms with Gasteiger partial charge in [0.1, 0.15) is 5.75 Å². The van der Waals surface area contributed by atoms with Crippen molar-refractivity contribution >= 4 is 17.6 Å². The molecule has 1 amide bonds. The minimum atomic E-state index is -4.54. The third-order valence-electron chi connectivity index (χ3n) is 11.1. The first-order valence-corrected chi connectivity index (χ1v) is 16.8. The molecule has 4 aliphatic rings. The molecule has 6 rings (SSSR count). The molecular weight excluding hydrogens is 609 g/mol. The number of hydrogen-bond donors (Lipinski definition) is 1. The fourth-order valence-electron chi connectivity index (χ4n) is 8.48. The molecule has 3 saturated heterocycles. The van der Waals surface area contributed by atoms with Gasteiger partial charge in [0.15, 0.2) is 0 Å². The van der Waals surface area contributed by atoms with Crippen molar-refractivity contribution in [3.63, 3.8) is 0 Å². The fraction of sp³-hybridized carbons (Fsp3) is 0.583. The molecule has 3 aliphatic heterocycles. The van der Waals surface area contributed by atoms with Gasteiger partial charge in [-0.1, -0.05) is 31.0 Å². The third-order valence-corrected chi connectivity index (χ3v) is 11.1. The van der Waals surface area contributed by atoms with Gasteiger partial charge in [-0.15, -0.1) is 0 Å². The lowest BCUT2D eigenvalue weighted by atomic mass is 9.84. The zero-order valence-electron chi connectivity index (χ0n) is 26.8. The molecule has 2 aromatic rings. The Hall–Kier alpha value is -3.78. The lowest BCUT2D eigenvalue weighted by molar-refractivity contribution is -0.142. The Morgan fingerprint density at radius 3 is 2.28 bits per heavy atom. The Bertz CT molecular complexity index is 1480. The van der Waals surface area contributed by atoms with Crippen molar-refractivity contribution in [2.45, 2.75) is 69.0 Å². The number of nitriles is 1. The Balaban J connectivity index is 1.29. The summed E-state index contributed by atoms with van der Waals surface area (Å²) in [5.41, 5.74) is 1.44. The van der Waals surface area contributed by atoms with Gasteiger partial charge in [0.2, 0.25) is 5.91 Å². The van der Waals surface area contributed by atoms with Crippen LogP contribution in [0.4, 0.5) is 18.9 Å². The van der Waals surface area contributed by atoms with E-state index in [0.29, 0.717) is 62.9 Å². The number of likely N-dealkylation sites (tertiary alicyclic amines) is 2. The van der Waals surface area contributed by atoms with Crippen LogP contribution in [0.3, 0.4) is 0 Å². The van der Waals surface area contributed by atoms with Crippen molar-refractivity contribution in [1.82, 2.24) is 9.80 Å². The standard InChI is InChI=1S/C36H43F3N4O4/c1-47-28-9-6-23(7-10-28)30-20-42(27-4-2-3-5-27)22-32(30)34(44)43-19-25(12-15-40)31(21-43)29-11-8-26(36(37,38)39)18-33(29)41-16-13-24(14-17-41)35(45)46/h6-11,18,24-25,27,30-32H,2-5,12-14,16-17,19-22H2,1H3,(H,45,46)/t25-,30-,31-,32+/m0/s1. The van der Waals surface area contributed by atoms with E-state index >= 15 is 0 Å². The van der Waals surface area contributed by atoms with Gasteiger partial charge in [0.25, 0.3) is 0 Å². The Kier molecular flexibility index (Phi) is 9.70. The summed E-state index contributed by atoms with van der Waals surface area (Å²) < 4.78 is 47.1. The Morgan fingerprint density at radius 2 is 1.66 bits per heavy atom. The summed E-state index contributed by atoms with van der Waals surface area (Å²) in [6.07, 6.45) is 0.971. The summed E-state index contributed by atoms with van der Waals surface area (Å²) in [4.78, 5) is 32.2. The first-order valence-electron chi connectivity index (χ1n) is 16.8. The highest BCUT2D eigenvalue weighted by molar-refractivity contribution is 5.81. The lowest BCUT2D eigenvalue weighted by Crippen LogP contribution is -2.39. The second-order valence-corrected chi connectivity index (χ2v) is 13.7. The van der Waals surface area contributed by atoms with Gasteiger partial charge >= 0.3 is 12.1 Å². The maximum Gasteiger partial charge on any atom is 0.416 e. The SMILES string of the molecule is COc1ccc([C@@H]2CN(C3CCCC3)C[C@H]2C(=O)N2C[C@H](CC#N)[C@@H](c3ccc(C(F)(F)F)cc3N3CCC(C(=O)O)CC3)C2)cc1. The summed E-state index contributed by atoms with van der Waals surface area (Å²) in [6.45, 7) is 2.80. The van der Waals surface area contributed by atoms with E-state index < -0.39 is 23.6 Å². The minimum Gasteiger partial charge on any atom is -0.497 e. The molecule has 47 heavy (non-hydrogen) atoms. The van der Waals surface area contributed by atoms with Gasteiger partial charge in [0.05, 0.1) is 30.6 Å². The van der Waals surface area contributed by atoms with Crippen molar-refractivity contribution in [2.75, 3.05) is 51.3 Å². The number of methoxy groups -OCH3 is 1. The smallest absolute Gasteiger partial charge is 0.416 e. The monoisotopic (exact) mass is 652 g/mol. The molecule has 8 nitrogen and oxygen atoms in total. The topological polar surface area (TPSA) is 97.1 Å². The second-order valence-electron chi connectivity index (χ2n) is 13.7. The van der Waals surface area contributed by atoms with Crippen molar-refractivity contribution in [3.05, 3.63) is 59.2 Å². The molecule has 0 unspecified atom stereocenters. The molecule has 0 spiro atoms. The maximum atomic E-state index is 14.5. The number of carbonyl (C=O) groups is 2. The van der Waals surface area contributed by atoms with Gasteiger partial charge < -0.3 is 19.6 Å². The summed E-state index contributed by atoms with van der Waals surface area (Å²) in [6, 6.07) is 14.4. The molecule has 4 fully saturated rings. The summed E-state index contributed by atoms with van der Waals surface area (Å²) in [5, 5.41) is 19.3. The number of carboxylic acid groups (broad SMARTS) is 1. The molecule has 2 aromatic carbocycles. The number of aliphatic carboxylic acids is 1. The number of alkyl halides is 3.